The number of rotatable bonds is 2. The predicted octanol–water partition coefficient (Wildman–Crippen LogP) is 2.25. The lowest BCUT2D eigenvalue weighted by Gasteiger charge is -2.16. The lowest BCUT2D eigenvalue weighted by Crippen LogP contribution is -2.31. The molecule has 2 atom stereocenters. The molecule has 1 aromatic carbocycles. The molecular formula is C17H19NO4S. The first kappa shape index (κ1) is 14.8. The second kappa shape index (κ2) is 5.09. The van der Waals surface area contributed by atoms with Crippen LogP contribution in [0.1, 0.15) is 29.3 Å². The highest BCUT2D eigenvalue weighted by atomic mass is 32.2. The molecule has 0 bridgehead atoms. The minimum atomic E-state index is -3.03. The van der Waals surface area contributed by atoms with Crippen LogP contribution in [0.3, 0.4) is 0 Å². The summed E-state index contributed by atoms with van der Waals surface area (Å²) in [4.78, 5) is 14.5. The average Bonchev–Trinajstić information content (AvgIpc) is 3.21. The molecule has 2 aromatic rings. The Labute approximate surface area is 135 Å². The summed E-state index contributed by atoms with van der Waals surface area (Å²) in [7, 11) is -3.03. The molecule has 2 aliphatic rings. The molecule has 122 valence electrons. The van der Waals surface area contributed by atoms with Crippen molar-refractivity contribution in [3.63, 3.8) is 0 Å². The number of fused-ring (bicyclic) bond motifs is 2. The van der Waals surface area contributed by atoms with Gasteiger partial charge in [0.15, 0.2) is 9.84 Å². The molecule has 0 spiro atoms. The molecule has 2 saturated heterocycles. The maximum Gasteiger partial charge on any atom is 0.257 e. The fraction of sp³-hybridized carbons (Fsp3) is 0.471. The minimum Gasteiger partial charge on any atom is -0.463 e. The van der Waals surface area contributed by atoms with Crippen LogP contribution in [0.5, 0.6) is 0 Å². The molecule has 1 aromatic heterocycles. The third-order valence-electron chi connectivity index (χ3n) is 5.18. The van der Waals surface area contributed by atoms with Crippen molar-refractivity contribution in [2.75, 3.05) is 18.8 Å². The average molecular weight is 333 g/mol. The van der Waals surface area contributed by atoms with Crippen molar-refractivity contribution >= 4 is 26.7 Å². The van der Waals surface area contributed by atoms with Gasteiger partial charge >= 0.3 is 0 Å². The van der Waals surface area contributed by atoms with E-state index in [0.717, 1.165) is 17.4 Å². The zero-order valence-corrected chi connectivity index (χ0v) is 13.8. The van der Waals surface area contributed by atoms with E-state index >= 15 is 0 Å². The number of carbonyl (C=O) groups is 1. The first-order valence-electron chi connectivity index (χ1n) is 8.00. The lowest BCUT2D eigenvalue weighted by atomic mass is 10.1. The Balaban J connectivity index is 1.66. The van der Waals surface area contributed by atoms with Gasteiger partial charge in [-0.25, -0.2) is 8.42 Å². The largest absolute Gasteiger partial charge is 0.463 e. The standard InChI is InChI=1S/C17H19NO4S/c1-2-11-3-4-15-13(7-11)14(10-22-15)17(19)18-8-12-5-6-23(20,21)16(12)9-18/h3-4,7,10,12,16H,2,5-6,8-9H2,1H3/t12-,16+/m0/s1. The third-order valence-corrected chi connectivity index (χ3v) is 7.44. The molecule has 6 heteroatoms. The summed E-state index contributed by atoms with van der Waals surface area (Å²) in [6.45, 7) is 2.91. The molecule has 23 heavy (non-hydrogen) atoms. The van der Waals surface area contributed by atoms with Gasteiger partial charge in [0.05, 0.1) is 16.6 Å². The van der Waals surface area contributed by atoms with Gasteiger partial charge in [-0.3, -0.25) is 4.79 Å². The summed E-state index contributed by atoms with van der Waals surface area (Å²) in [5, 5.41) is 0.435. The predicted molar refractivity (Wildman–Crippen MR) is 87.2 cm³/mol. The number of hydrogen-bond donors (Lipinski definition) is 0. The smallest absolute Gasteiger partial charge is 0.257 e. The topological polar surface area (TPSA) is 67.6 Å². The van der Waals surface area contributed by atoms with Gasteiger partial charge in [-0.1, -0.05) is 13.0 Å². The highest BCUT2D eigenvalue weighted by Crippen LogP contribution is 2.35. The van der Waals surface area contributed by atoms with Gasteiger partial charge < -0.3 is 9.32 Å². The van der Waals surface area contributed by atoms with Crippen molar-refractivity contribution in [2.45, 2.75) is 25.0 Å². The van der Waals surface area contributed by atoms with Gasteiger partial charge in [-0.2, -0.15) is 0 Å². The van der Waals surface area contributed by atoms with Gasteiger partial charge in [0.25, 0.3) is 5.91 Å². The van der Waals surface area contributed by atoms with E-state index in [1.54, 1.807) is 4.90 Å². The molecule has 2 aliphatic heterocycles. The minimum absolute atomic E-state index is 0.0910. The monoisotopic (exact) mass is 333 g/mol. The van der Waals surface area contributed by atoms with Crippen LogP contribution in [-0.4, -0.2) is 43.3 Å². The number of sulfone groups is 1. The second-order valence-corrected chi connectivity index (χ2v) is 8.84. The fourth-order valence-corrected chi connectivity index (χ4v) is 5.94. The fourth-order valence-electron chi connectivity index (χ4n) is 3.79. The molecule has 0 radical (unpaired) electrons. The quantitative estimate of drug-likeness (QED) is 0.845. The van der Waals surface area contributed by atoms with Gasteiger partial charge in [-0.15, -0.1) is 0 Å². The van der Waals surface area contributed by atoms with Crippen LogP contribution >= 0.6 is 0 Å². The van der Waals surface area contributed by atoms with E-state index < -0.39 is 9.84 Å². The Kier molecular flexibility index (Phi) is 3.27. The molecule has 5 nitrogen and oxygen atoms in total. The van der Waals surface area contributed by atoms with E-state index in [2.05, 4.69) is 6.92 Å². The van der Waals surface area contributed by atoms with E-state index in [4.69, 9.17) is 4.42 Å². The molecule has 0 N–H and O–H groups in total. The van der Waals surface area contributed by atoms with Crippen LogP contribution in [0.15, 0.2) is 28.9 Å². The molecule has 3 heterocycles. The number of hydrogen-bond acceptors (Lipinski definition) is 4. The van der Waals surface area contributed by atoms with Crippen molar-refractivity contribution in [1.82, 2.24) is 4.90 Å². The van der Waals surface area contributed by atoms with Crippen molar-refractivity contribution in [1.29, 1.82) is 0 Å². The van der Waals surface area contributed by atoms with E-state index in [-0.39, 0.29) is 22.8 Å². The Morgan fingerprint density at radius 1 is 1.35 bits per heavy atom. The lowest BCUT2D eigenvalue weighted by molar-refractivity contribution is 0.0787. The third kappa shape index (κ3) is 2.27. The number of carbonyl (C=O) groups excluding carboxylic acids is 1. The van der Waals surface area contributed by atoms with E-state index in [1.807, 2.05) is 18.2 Å². The summed E-state index contributed by atoms with van der Waals surface area (Å²) in [6.07, 6.45) is 3.05. The molecule has 1 amide bonds. The molecule has 0 saturated carbocycles. The van der Waals surface area contributed by atoms with Gasteiger partial charge in [-0.05, 0) is 36.5 Å². The van der Waals surface area contributed by atoms with Gasteiger partial charge in [0.1, 0.15) is 11.8 Å². The summed E-state index contributed by atoms with van der Waals surface area (Å²) >= 11 is 0. The van der Waals surface area contributed by atoms with E-state index in [1.165, 1.54) is 6.26 Å². The molecule has 2 fully saturated rings. The van der Waals surface area contributed by atoms with Crippen molar-refractivity contribution < 1.29 is 17.6 Å². The second-order valence-electron chi connectivity index (χ2n) is 6.50. The number of amides is 1. The summed E-state index contributed by atoms with van der Waals surface area (Å²) in [5.41, 5.74) is 2.37. The molecular weight excluding hydrogens is 314 g/mol. The Morgan fingerprint density at radius 2 is 2.17 bits per heavy atom. The van der Waals surface area contributed by atoms with Crippen LogP contribution in [0, 0.1) is 5.92 Å². The maximum atomic E-state index is 12.8. The first-order valence-corrected chi connectivity index (χ1v) is 9.72. The first-order chi connectivity index (χ1) is 11.0. The van der Waals surface area contributed by atoms with Crippen molar-refractivity contribution in [3.8, 4) is 0 Å². The van der Waals surface area contributed by atoms with Gasteiger partial charge in [0.2, 0.25) is 0 Å². The summed E-state index contributed by atoms with van der Waals surface area (Å²) in [5.74, 6) is 0.230. The van der Waals surface area contributed by atoms with Crippen molar-refractivity contribution in [3.05, 3.63) is 35.6 Å². The number of nitrogens with zero attached hydrogens (tertiary/aromatic N) is 1. The Morgan fingerprint density at radius 3 is 2.91 bits per heavy atom. The SMILES string of the molecule is CCc1ccc2occ(C(=O)N3C[C@@H]4CCS(=O)(=O)[C@@H]4C3)c2c1. The number of furan rings is 1. The van der Waals surface area contributed by atoms with Gasteiger partial charge in [0, 0.05) is 18.5 Å². The number of aryl methyl sites for hydroxylation is 1. The van der Waals surface area contributed by atoms with Crippen LogP contribution in [-0.2, 0) is 16.3 Å². The molecule has 4 rings (SSSR count). The van der Waals surface area contributed by atoms with Crippen LogP contribution in [0.25, 0.3) is 11.0 Å². The molecule has 0 unspecified atom stereocenters. The highest BCUT2D eigenvalue weighted by molar-refractivity contribution is 7.92. The zero-order valence-electron chi connectivity index (χ0n) is 13.0. The van der Waals surface area contributed by atoms with E-state index in [0.29, 0.717) is 30.7 Å². The number of benzene rings is 1. The van der Waals surface area contributed by atoms with E-state index in [9.17, 15) is 13.2 Å². The highest BCUT2D eigenvalue weighted by Gasteiger charge is 2.47. The Hall–Kier alpha value is -1.82. The normalized spacial score (nSPS) is 25.9. The number of likely N-dealkylation sites (tertiary alicyclic amines) is 1. The molecule has 0 aliphatic carbocycles. The Bertz CT molecular complexity index is 883. The summed E-state index contributed by atoms with van der Waals surface area (Å²) < 4.78 is 29.6. The van der Waals surface area contributed by atoms with Crippen LogP contribution < -0.4 is 0 Å². The summed E-state index contributed by atoms with van der Waals surface area (Å²) in [6, 6.07) is 5.86. The van der Waals surface area contributed by atoms with Crippen LogP contribution in [0.2, 0.25) is 0 Å². The maximum absolute atomic E-state index is 12.8. The van der Waals surface area contributed by atoms with Crippen LogP contribution in [0.4, 0.5) is 0 Å². The van der Waals surface area contributed by atoms with Crippen molar-refractivity contribution in [2.24, 2.45) is 5.92 Å². The zero-order chi connectivity index (χ0) is 16.2.